The molecule has 4 rings (SSSR count). The van der Waals surface area contributed by atoms with Crippen LogP contribution in [0.4, 0.5) is 4.39 Å². The molecule has 0 radical (unpaired) electrons. The number of H-pyrrole nitrogens is 1. The highest BCUT2D eigenvalue weighted by Crippen LogP contribution is 2.16. The molecule has 146 valence electrons. The second-order valence-electron chi connectivity index (χ2n) is 7.35. The first-order chi connectivity index (χ1) is 13.7. The Hall–Kier alpha value is -2.80. The third kappa shape index (κ3) is 4.54. The van der Waals surface area contributed by atoms with Crippen molar-refractivity contribution in [3.05, 3.63) is 59.4 Å². The smallest absolute Gasteiger partial charge is 0.252 e. The average molecular weight is 381 g/mol. The summed E-state index contributed by atoms with van der Waals surface area (Å²) < 4.78 is 13.2. The first-order valence-electron chi connectivity index (χ1n) is 9.74. The van der Waals surface area contributed by atoms with Crippen LogP contribution in [0, 0.1) is 11.7 Å². The van der Waals surface area contributed by atoms with Gasteiger partial charge >= 0.3 is 0 Å². The minimum absolute atomic E-state index is 0.106. The summed E-state index contributed by atoms with van der Waals surface area (Å²) in [5.41, 5.74) is 3.15. The lowest BCUT2D eigenvalue weighted by molar-refractivity contribution is 0.0952. The van der Waals surface area contributed by atoms with Gasteiger partial charge < -0.3 is 15.6 Å². The second kappa shape index (κ2) is 8.48. The third-order valence-electron chi connectivity index (χ3n) is 5.11. The molecule has 3 aromatic rings. The summed E-state index contributed by atoms with van der Waals surface area (Å²) in [5, 5.41) is 6.30. The molecule has 3 N–H and O–H groups in total. The summed E-state index contributed by atoms with van der Waals surface area (Å²) in [6.45, 7) is 2.64. The lowest BCUT2D eigenvalue weighted by atomic mass is 9.99. The summed E-state index contributed by atoms with van der Waals surface area (Å²) in [7, 11) is 0. The van der Waals surface area contributed by atoms with E-state index >= 15 is 0 Å². The number of nitrogens with zero attached hydrogens (tertiary/aromatic N) is 2. The number of carbonyl (C=O) groups excluding carboxylic acids is 1. The molecule has 0 spiro atoms. The molecule has 1 unspecified atom stereocenters. The number of amides is 1. The molecule has 1 amide bonds. The number of carbonyl (C=O) groups is 1. The Morgan fingerprint density at radius 2 is 2.21 bits per heavy atom. The highest BCUT2D eigenvalue weighted by molar-refractivity contribution is 5.94. The maximum Gasteiger partial charge on any atom is 0.252 e. The SMILES string of the molecule is O=C(NCCCc1nc2ccc(F)cc2[nH]1)c1cncc(CC2CCNC2)c1. The highest BCUT2D eigenvalue weighted by atomic mass is 19.1. The zero-order valence-corrected chi connectivity index (χ0v) is 15.7. The fraction of sp³-hybridized carbons (Fsp3) is 0.381. The summed E-state index contributed by atoms with van der Waals surface area (Å²) in [5.74, 6) is 1.03. The van der Waals surface area contributed by atoms with Crippen LogP contribution in [0.5, 0.6) is 0 Å². The van der Waals surface area contributed by atoms with Crippen LogP contribution >= 0.6 is 0 Å². The molecular formula is C21H24FN5O. The van der Waals surface area contributed by atoms with Crippen LogP contribution in [0.25, 0.3) is 11.0 Å². The topological polar surface area (TPSA) is 82.7 Å². The molecule has 3 heterocycles. The van der Waals surface area contributed by atoms with Crippen LogP contribution in [0.3, 0.4) is 0 Å². The van der Waals surface area contributed by atoms with Crippen molar-refractivity contribution in [3.8, 4) is 0 Å². The largest absolute Gasteiger partial charge is 0.352 e. The number of pyridine rings is 1. The van der Waals surface area contributed by atoms with Crippen LogP contribution in [0.15, 0.2) is 36.7 Å². The van der Waals surface area contributed by atoms with E-state index in [0.717, 1.165) is 42.8 Å². The third-order valence-corrected chi connectivity index (χ3v) is 5.11. The molecule has 1 saturated heterocycles. The molecule has 6 nitrogen and oxygen atoms in total. The van der Waals surface area contributed by atoms with E-state index in [0.29, 0.717) is 30.0 Å². The van der Waals surface area contributed by atoms with Crippen LogP contribution in [0.2, 0.25) is 0 Å². The van der Waals surface area contributed by atoms with Crippen molar-refractivity contribution >= 4 is 16.9 Å². The maximum absolute atomic E-state index is 13.2. The molecule has 1 aliphatic heterocycles. The number of aryl methyl sites for hydroxylation is 1. The molecule has 0 saturated carbocycles. The molecule has 7 heteroatoms. The number of nitrogens with one attached hydrogen (secondary N) is 3. The van der Waals surface area contributed by atoms with Crippen LogP contribution < -0.4 is 10.6 Å². The molecule has 1 atom stereocenters. The normalized spacial score (nSPS) is 16.5. The Bertz CT molecular complexity index is 964. The average Bonchev–Trinajstić information content (AvgIpc) is 3.34. The number of aromatic nitrogens is 3. The van der Waals surface area contributed by atoms with Crippen molar-refractivity contribution in [2.24, 2.45) is 5.92 Å². The van der Waals surface area contributed by atoms with Gasteiger partial charge in [-0.15, -0.1) is 0 Å². The maximum atomic E-state index is 13.2. The first-order valence-corrected chi connectivity index (χ1v) is 9.74. The van der Waals surface area contributed by atoms with Crippen molar-refractivity contribution in [2.45, 2.75) is 25.7 Å². The Labute approximate surface area is 163 Å². The Morgan fingerprint density at radius 3 is 3.07 bits per heavy atom. The molecule has 2 aromatic heterocycles. The highest BCUT2D eigenvalue weighted by Gasteiger charge is 2.16. The van der Waals surface area contributed by atoms with Gasteiger partial charge in [0, 0.05) is 25.4 Å². The molecule has 1 aromatic carbocycles. The number of hydrogen-bond donors (Lipinski definition) is 3. The molecule has 1 aliphatic rings. The lowest BCUT2D eigenvalue weighted by Gasteiger charge is -2.09. The number of rotatable bonds is 7. The molecule has 0 aliphatic carbocycles. The standard InChI is InChI=1S/C21H24FN5O/c22-17-3-4-18-19(10-17)27-20(26-18)2-1-6-25-21(28)16-9-15(12-24-13-16)8-14-5-7-23-11-14/h3-4,9-10,12-14,23H,1-2,5-8,11H2,(H,25,28)(H,26,27). The molecule has 28 heavy (non-hydrogen) atoms. The predicted molar refractivity (Wildman–Crippen MR) is 106 cm³/mol. The molecule has 1 fully saturated rings. The minimum Gasteiger partial charge on any atom is -0.352 e. The molecule has 0 bridgehead atoms. The van der Waals surface area contributed by atoms with E-state index in [1.54, 1.807) is 12.3 Å². The Morgan fingerprint density at radius 1 is 1.29 bits per heavy atom. The quantitative estimate of drug-likeness (QED) is 0.550. The van der Waals surface area contributed by atoms with E-state index < -0.39 is 0 Å². The monoisotopic (exact) mass is 381 g/mol. The zero-order valence-electron chi connectivity index (χ0n) is 15.7. The van der Waals surface area contributed by atoms with E-state index in [1.165, 1.54) is 18.6 Å². The minimum atomic E-state index is -0.282. The van der Waals surface area contributed by atoms with Crippen molar-refractivity contribution in [1.82, 2.24) is 25.6 Å². The number of halogens is 1. The van der Waals surface area contributed by atoms with E-state index in [2.05, 4.69) is 25.6 Å². The van der Waals surface area contributed by atoms with Gasteiger partial charge in [-0.1, -0.05) is 0 Å². The summed E-state index contributed by atoms with van der Waals surface area (Å²) in [6.07, 6.45) is 7.01. The van der Waals surface area contributed by atoms with Gasteiger partial charge in [-0.3, -0.25) is 9.78 Å². The van der Waals surface area contributed by atoms with Crippen molar-refractivity contribution in [2.75, 3.05) is 19.6 Å². The van der Waals surface area contributed by atoms with E-state index in [-0.39, 0.29) is 11.7 Å². The lowest BCUT2D eigenvalue weighted by Crippen LogP contribution is -2.25. The number of hydrogen-bond acceptors (Lipinski definition) is 4. The van der Waals surface area contributed by atoms with Crippen molar-refractivity contribution in [3.63, 3.8) is 0 Å². The van der Waals surface area contributed by atoms with Gasteiger partial charge in [0.25, 0.3) is 5.91 Å². The number of fused-ring (bicyclic) bond motifs is 1. The second-order valence-corrected chi connectivity index (χ2v) is 7.35. The summed E-state index contributed by atoms with van der Waals surface area (Å²) >= 11 is 0. The Kier molecular flexibility index (Phi) is 5.62. The number of benzene rings is 1. The zero-order chi connectivity index (χ0) is 19.3. The van der Waals surface area contributed by atoms with Gasteiger partial charge in [0.2, 0.25) is 0 Å². The van der Waals surface area contributed by atoms with Gasteiger partial charge in [-0.2, -0.15) is 0 Å². The van der Waals surface area contributed by atoms with Crippen molar-refractivity contribution < 1.29 is 9.18 Å². The van der Waals surface area contributed by atoms with E-state index in [1.807, 2.05) is 12.3 Å². The Balaban J connectivity index is 1.26. The van der Waals surface area contributed by atoms with Gasteiger partial charge in [0.05, 0.1) is 16.6 Å². The number of imidazole rings is 1. The van der Waals surface area contributed by atoms with E-state index in [4.69, 9.17) is 0 Å². The number of aromatic amines is 1. The van der Waals surface area contributed by atoms with Crippen LogP contribution in [0.1, 0.15) is 34.6 Å². The van der Waals surface area contributed by atoms with Crippen molar-refractivity contribution in [1.29, 1.82) is 0 Å². The first kappa shape index (κ1) is 18.6. The van der Waals surface area contributed by atoms with E-state index in [9.17, 15) is 9.18 Å². The van der Waals surface area contributed by atoms with Gasteiger partial charge in [0.15, 0.2) is 0 Å². The van der Waals surface area contributed by atoms with Gasteiger partial charge in [-0.25, -0.2) is 9.37 Å². The summed E-state index contributed by atoms with van der Waals surface area (Å²) in [6, 6.07) is 6.44. The van der Waals surface area contributed by atoms with Gasteiger partial charge in [-0.05, 0) is 68.1 Å². The van der Waals surface area contributed by atoms with Crippen LogP contribution in [-0.2, 0) is 12.8 Å². The fourth-order valence-corrected chi connectivity index (χ4v) is 3.66. The fourth-order valence-electron chi connectivity index (χ4n) is 3.66. The predicted octanol–water partition coefficient (Wildman–Crippen LogP) is 2.61. The summed E-state index contributed by atoms with van der Waals surface area (Å²) in [4.78, 5) is 24.2. The molecular weight excluding hydrogens is 357 g/mol. The van der Waals surface area contributed by atoms with Gasteiger partial charge in [0.1, 0.15) is 11.6 Å². The van der Waals surface area contributed by atoms with Crippen LogP contribution in [-0.4, -0.2) is 40.5 Å².